The fourth-order valence-electron chi connectivity index (χ4n) is 3.24. The number of nitrogens with zero attached hydrogens (tertiary/aromatic N) is 4. The third-order valence-corrected chi connectivity index (χ3v) is 6.06. The van der Waals surface area contributed by atoms with Crippen LogP contribution in [0.4, 0.5) is 15.5 Å². The maximum Gasteiger partial charge on any atom is 0.223 e. The second-order valence-corrected chi connectivity index (χ2v) is 8.08. The van der Waals surface area contributed by atoms with Crippen LogP contribution in [0.3, 0.4) is 0 Å². The summed E-state index contributed by atoms with van der Waals surface area (Å²) in [6.45, 7) is 3.75. The van der Waals surface area contributed by atoms with Crippen molar-refractivity contribution in [3.63, 3.8) is 0 Å². The van der Waals surface area contributed by atoms with Crippen molar-refractivity contribution in [2.24, 2.45) is 0 Å². The monoisotopic (exact) mass is 396 g/mol. The zero-order chi connectivity index (χ0) is 18.9. The largest absolute Gasteiger partial charge is 0.351 e. The molecule has 3 aromatic rings. The molecule has 0 atom stereocenters. The van der Waals surface area contributed by atoms with Gasteiger partial charge in [-0.25, -0.2) is 19.3 Å². The van der Waals surface area contributed by atoms with Crippen molar-refractivity contribution in [3.05, 3.63) is 42.3 Å². The fraction of sp³-hybridized carbons (Fsp3) is 0.350. The highest BCUT2D eigenvalue weighted by Gasteiger charge is 2.24. The van der Waals surface area contributed by atoms with Crippen LogP contribution in [0, 0.1) is 5.82 Å². The summed E-state index contributed by atoms with van der Waals surface area (Å²) in [5.41, 5.74) is 2.58. The summed E-state index contributed by atoms with van der Waals surface area (Å²) in [7, 11) is 0. The number of hydrogen-bond acceptors (Lipinski definition) is 7. The van der Waals surface area contributed by atoms with E-state index >= 15 is 0 Å². The molecule has 2 N–H and O–H groups in total. The van der Waals surface area contributed by atoms with Gasteiger partial charge in [-0.2, -0.15) is 0 Å². The maximum atomic E-state index is 13.4. The number of thiazole rings is 1. The highest BCUT2D eigenvalue weighted by atomic mass is 32.1. The number of hydrogen-bond donors (Lipinski definition) is 2. The number of benzene rings is 1. The van der Waals surface area contributed by atoms with Crippen molar-refractivity contribution < 1.29 is 4.39 Å². The Bertz CT molecular complexity index is 963. The van der Waals surface area contributed by atoms with Gasteiger partial charge in [0.05, 0.1) is 16.3 Å². The lowest BCUT2D eigenvalue weighted by Gasteiger charge is -2.26. The van der Waals surface area contributed by atoms with Crippen molar-refractivity contribution in [2.45, 2.75) is 18.9 Å². The Hall–Kier alpha value is -2.58. The summed E-state index contributed by atoms with van der Waals surface area (Å²) in [6, 6.07) is 8.91. The molecule has 144 valence electrons. The zero-order valence-electron chi connectivity index (χ0n) is 15.4. The van der Waals surface area contributed by atoms with Crippen LogP contribution in [-0.2, 0) is 0 Å². The van der Waals surface area contributed by atoms with Gasteiger partial charge in [0.1, 0.15) is 5.82 Å². The molecule has 28 heavy (non-hydrogen) atoms. The second-order valence-electron chi connectivity index (χ2n) is 7.10. The molecule has 0 bridgehead atoms. The average molecular weight is 396 g/mol. The predicted molar refractivity (Wildman–Crippen MR) is 110 cm³/mol. The van der Waals surface area contributed by atoms with Crippen LogP contribution in [0.15, 0.2) is 36.5 Å². The first-order valence-corrected chi connectivity index (χ1v) is 10.4. The van der Waals surface area contributed by atoms with Crippen LogP contribution < -0.4 is 15.5 Å². The third-order valence-electron chi connectivity index (χ3n) is 4.92. The van der Waals surface area contributed by atoms with E-state index in [9.17, 15) is 4.39 Å². The second kappa shape index (κ2) is 7.44. The lowest BCUT2D eigenvalue weighted by atomic mass is 10.1. The van der Waals surface area contributed by atoms with Crippen LogP contribution in [0.5, 0.6) is 0 Å². The Morgan fingerprint density at radius 2 is 1.86 bits per heavy atom. The number of anilines is 2. The van der Waals surface area contributed by atoms with E-state index in [1.54, 1.807) is 29.7 Å². The van der Waals surface area contributed by atoms with Crippen LogP contribution >= 0.6 is 11.3 Å². The topological polar surface area (TPSA) is 66.0 Å². The lowest BCUT2D eigenvalue weighted by Crippen LogP contribution is -2.43. The van der Waals surface area contributed by atoms with Crippen molar-refractivity contribution >= 4 is 22.4 Å². The number of piperazine rings is 1. The van der Waals surface area contributed by atoms with Crippen LogP contribution in [-0.4, -0.2) is 47.2 Å². The normalized spacial score (nSPS) is 17.0. The first-order valence-electron chi connectivity index (χ1n) is 9.59. The van der Waals surface area contributed by atoms with E-state index in [-0.39, 0.29) is 5.82 Å². The van der Waals surface area contributed by atoms with E-state index in [2.05, 4.69) is 20.5 Å². The van der Waals surface area contributed by atoms with Gasteiger partial charge in [0.25, 0.3) is 0 Å². The quantitative estimate of drug-likeness (QED) is 0.689. The van der Waals surface area contributed by atoms with Gasteiger partial charge in [0.15, 0.2) is 5.13 Å². The summed E-state index contributed by atoms with van der Waals surface area (Å²) >= 11 is 1.64. The van der Waals surface area contributed by atoms with E-state index in [0.29, 0.717) is 12.0 Å². The van der Waals surface area contributed by atoms with E-state index < -0.39 is 0 Å². The minimum Gasteiger partial charge on any atom is -0.351 e. The van der Waals surface area contributed by atoms with Gasteiger partial charge in [-0.3, -0.25) is 0 Å². The van der Waals surface area contributed by atoms with E-state index in [1.165, 1.54) is 25.0 Å². The maximum absolute atomic E-state index is 13.4. The Labute approximate surface area is 166 Å². The Morgan fingerprint density at radius 1 is 1.07 bits per heavy atom. The minimum atomic E-state index is -0.249. The summed E-state index contributed by atoms with van der Waals surface area (Å²) in [6.07, 6.45) is 4.12. The molecule has 0 amide bonds. The molecule has 2 fully saturated rings. The van der Waals surface area contributed by atoms with Crippen molar-refractivity contribution in [3.8, 4) is 21.8 Å². The number of aromatic nitrogens is 3. The summed E-state index contributed by atoms with van der Waals surface area (Å²) in [4.78, 5) is 17.3. The molecule has 2 aliphatic rings. The van der Waals surface area contributed by atoms with Crippen molar-refractivity contribution in [2.75, 3.05) is 36.4 Å². The van der Waals surface area contributed by atoms with Gasteiger partial charge >= 0.3 is 0 Å². The minimum absolute atomic E-state index is 0.249. The molecule has 3 heterocycles. The van der Waals surface area contributed by atoms with Gasteiger partial charge in [-0.15, -0.1) is 0 Å². The fourth-order valence-corrected chi connectivity index (χ4v) is 4.35. The summed E-state index contributed by atoms with van der Waals surface area (Å²) in [5, 5.41) is 7.71. The molecule has 8 heteroatoms. The van der Waals surface area contributed by atoms with Gasteiger partial charge in [-0.1, -0.05) is 11.3 Å². The third kappa shape index (κ3) is 3.70. The molecule has 1 aliphatic heterocycles. The molecule has 0 spiro atoms. The van der Waals surface area contributed by atoms with Gasteiger partial charge < -0.3 is 15.5 Å². The zero-order valence-corrected chi connectivity index (χ0v) is 16.2. The van der Waals surface area contributed by atoms with Crippen molar-refractivity contribution in [1.82, 2.24) is 20.3 Å². The molecule has 0 unspecified atom stereocenters. The number of rotatable bonds is 5. The van der Waals surface area contributed by atoms with Crippen LogP contribution in [0.1, 0.15) is 12.8 Å². The lowest BCUT2D eigenvalue weighted by molar-refractivity contribution is 0.588. The van der Waals surface area contributed by atoms with E-state index in [4.69, 9.17) is 9.97 Å². The smallest absolute Gasteiger partial charge is 0.223 e. The summed E-state index contributed by atoms with van der Waals surface area (Å²) in [5.74, 6) is 0.406. The standard InChI is InChI=1S/C20H21FN6S/c21-14-3-1-13(2-4-14)17-18(28-20(26-17)27-11-9-22-10-12-27)16-7-8-23-19(25-16)24-15-5-6-15/h1-4,7-8,15,22H,5-6,9-12H2,(H,23,24,25). The first-order chi connectivity index (χ1) is 13.8. The predicted octanol–water partition coefficient (Wildman–Crippen LogP) is 3.39. The van der Waals surface area contributed by atoms with Crippen molar-refractivity contribution in [1.29, 1.82) is 0 Å². The van der Waals surface area contributed by atoms with Crippen LogP contribution in [0.2, 0.25) is 0 Å². The molecule has 0 radical (unpaired) electrons. The Balaban J connectivity index is 1.56. The molecule has 2 aromatic heterocycles. The molecule has 1 aliphatic carbocycles. The van der Waals surface area contributed by atoms with Gasteiger partial charge in [0.2, 0.25) is 5.95 Å². The SMILES string of the molecule is Fc1ccc(-c2nc(N3CCNCC3)sc2-c2ccnc(NC3CC3)n2)cc1. The Kier molecular flexibility index (Phi) is 4.66. The molecular weight excluding hydrogens is 375 g/mol. The summed E-state index contributed by atoms with van der Waals surface area (Å²) < 4.78 is 13.4. The van der Waals surface area contributed by atoms with Gasteiger partial charge in [-0.05, 0) is 43.2 Å². The van der Waals surface area contributed by atoms with E-state index in [1.807, 2.05) is 6.07 Å². The number of halogens is 1. The Morgan fingerprint density at radius 3 is 2.61 bits per heavy atom. The molecular formula is C20H21FN6S. The highest BCUT2D eigenvalue weighted by molar-refractivity contribution is 7.19. The average Bonchev–Trinajstić information content (AvgIpc) is 3.43. The highest BCUT2D eigenvalue weighted by Crippen LogP contribution is 2.40. The molecule has 6 nitrogen and oxygen atoms in total. The molecule has 1 saturated carbocycles. The molecule has 5 rings (SSSR count). The molecule has 1 saturated heterocycles. The molecule has 1 aromatic carbocycles. The number of nitrogens with one attached hydrogen (secondary N) is 2. The van der Waals surface area contributed by atoms with E-state index in [0.717, 1.165) is 53.1 Å². The van der Waals surface area contributed by atoms with Crippen LogP contribution in [0.25, 0.3) is 21.8 Å². The first kappa shape index (κ1) is 17.5. The van der Waals surface area contributed by atoms with Gasteiger partial charge in [0, 0.05) is 44.0 Å².